The van der Waals surface area contributed by atoms with Crippen LogP contribution in [0.15, 0.2) is 108 Å². The number of nitrogens with one attached hydrogen (secondary N) is 1. The summed E-state index contributed by atoms with van der Waals surface area (Å²) in [4.78, 5) is 42.7. The Morgan fingerprint density at radius 1 is 0.821 bits per heavy atom. The average molecular weight is 512 g/mol. The molecule has 1 aliphatic heterocycles. The molecule has 1 fully saturated rings. The Kier molecular flexibility index (Phi) is 5.13. The number of hydrogen-bond donors (Lipinski definition) is 1. The number of para-hydroxylation sites is 1. The average Bonchev–Trinajstić information content (AvgIpc) is 3.24. The summed E-state index contributed by atoms with van der Waals surface area (Å²) in [5.41, 5.74) is 7.61. The second kappa shape index (κ2) is 8.60. The van der Waals surface area contributed by atoms with E-state index in [4.69, 9.17) is 0 Å². The number of nitrogens with zero attached hydrogens (tertiary/aromatic N) is 2. The Hall–Kier alpha value is -4.84. The molecule has 1 N–H and O–H groups in total. The number of hydrogen-bond acceptors (Lipinski definition) is 4. The van der Waals surface area contributed by atoms with Gasteiger partial charge >= 0.3 is 0 Å². The van der Waals surface area contributed by atoms with Crippen LogP contribution in [0.3, 0.4) is 0 Å². The second-order valence-corrected chi connectivity index (χ2v) is 10.4. The number of imide groups is 1. The van der Waals surface area contributed by atoms with Gasteiger partial charge in [-0.1, -0.05) is 84.4 Å². The lowest BCUT2D eigenvalue weighted by atomic mass is 9.47. The fourth-order valence-corrected chi connectivity index (χ4v) is 6.92. The first-order chi connectivity index (χ1) is 19.0. The highest BCUT2D eigenvalue weighted by Gasteiger charge is 2.68. The van der Waals surface area contributed by atoms with Crippen LogP contribution in [0.25, 0.3) is 0 Å². The number of carbonyl (C=O) groups excluding carboxylic acids is 3. The summed E-state index contributed by atoms with van der Waals surface area (Å²) in [6.45, 7) is 1.93. The first-order valence-corrected chi connectivity index (χ1v) is 13.1. The maximum absolute atomic E-state index is 14.3. The van der Waals surface area contributed by atoms with E-state index in [0.717, 1.165) is 27.8 Å². The number of rotatable bonds is 4. The van der Waals surface area contributed by atoms with Gasteiger partial charge in [-0.05, 0) is 53.4 Å². The molecule has 2 atom stereocenters. The smallest absolute Gasteiger partial charge is 0.271 e. The highest BCUT2D eigenvalue weighted by atomic mass is 16.2. The van der Waals surface area contributed by atoms with Crippen LogP contribution in [0.2, 0.25) is 0 Å². The molecule has 6 nitrogen and oxygen atoms in total. The number of benzene rings is 4. The summed E-state index contributed by atoms with van der Waals surface area (Å²) in [6.07, 6.45) is 1.69. The van der Waals surface area contributed by atoms with Crippen molar-refractivity contribution in [2.45, 2.75) is 18.3 Å². The van der Waals surface area contributed by atoms with Gasteiger partial charge in [0.2, 0.25) is 11.8 Å². The van der Waals surface area contributed by atoms with Gasteiger partial charge in [0.05, 0.1) is 22.9 Å². The summed E-state index contributed by atoms with van der Waals surface area (Å²) in [6, 6.07) is 32.4. The van der Waals surface area contributed by atoms with Crippen LogP contribution >= 0.6 is 0 Å². The molecule has 0 aromatic heterocycles. The molecule has 3 aliphatic carbocycles. The first-order valence-electron chi connectivity index (χ1n) is 13.1. The van der Waals surface area contributed by atoms with Gasteiger partial charge in [-0.25, -0.2) is 10.3 Å². The van der Waals surface area contributed by atoms with Gasteiger partial charge in [0.15, 0.2) is 0 Å². The van der Waals surface area contributed by atoms with Crippen LogP contribution in [-0.2, 0) is 15.0 Å². The number of carbonyl (C=O) groups is 3. The Balaban J connectivity index is 1.41. The van der Waals surface area contributed by atoms with Crippen molar-refractivity contribution < 1.29 is 14.4 Å². The fourth-order valence-electron chi connectivity index (χ4n) is 6.92. The Morgan fingerprint density at radius 3 is 2.13 bits per heavy atom. The summed E-state index contributed by atoms with van der Waals surface area (Å²) in [5, 5.41) is 4.48. The van der Waals surface area contributed by atoms with Gasteiger partial charge in [0, 0.05) is 17.7 Å². The molecular weight excluding hydrogens is 486 g/mol. The fraction of sp³-hybridized carbons (Fsp3) is 0.152. The minimum absolute atomic E-state index is 0.202. The first kappa shape index (κ1) is 23.3. The van der Waals surface area contributed by atoms with Crippen molar-refractivity contribution >= 4 is 29.6 Å². The third-order valence-corrected chi connectivity index (χ3v) is 8.41. The third kappa shape index (κ3) is 3.21. The monoisotopic (exact) mass is 511 g/mol. The molecule has 190 valence electrons. The standard InChI is InChI=1S/C33H25N3O3/c1-20-10-9-11-21(18-20)30(37)35-34-19-33-25-16-7-5-14-23(25)27(24-15-6-8-17-26(24)33)28-29(33)32(39)36(31(28)38)22-12-3-2-4-13-22/h2-19,27-29H,1H3,(H,35,37)/b34-19-/t27?,28-,29-,33?/m1/s1. The number of aryl methyl sites for hydroxylation is 1. The van der Waals surface area contributed by atoms with Gasteiger partial charge in [-0.15, -0.1) is 0 Å². The normalized spacial score (nSPS) is 24.4. The van der Waals surface area contributed by atoms with E-state index in [1.54, 1.807) is 30.5 Å². The molecule has 3 amide bonds. The van der Waals surface area contributed by atoms with Crippen LogP contribution in [0, 0.1) is 18.8 Å². The van der Waals surface area contributed by atoms with E-state index in [-0.39, 0.29) is 23.6 Å². The van der Waals surface area contributed by atoms with Gasteiger partial charge < -0.3 is 0 Å². The van der Waals surface area contributed by atoms with Crippen LogP contribution in [0.1, 0.15) is 44.1 Å². The van der Waals surface area contributed by atoms with Crippen molar-refractivity contribution in [3.05, 3.63) is 137 Å². The highest BCUT2D eigenvalue weighted by molar-refractivity contribution is 6.25. The van der Waals surface area contributed by atoms with Crippen LogP contribution in [0.5, 0.6) is 0 Å². The van der Waals surface area contributed by atoms with Crippen molar-refractivity contribution in [1.29, 1.82) is 0 Å². The Labute approximate surface area is 226 Å². The van der Waals surface area contributed by atoms with Crippen molar-refractivity contribution in [2.24, 2.45) is 16.9 Å². The van der Waals surface area contributed by atoms with E-state index in [1.807, 2.05) is 85.8 Å². The molecule has 4 aromatic rings. The van der Waals surface area contributed by atoms with E-state index < -0.39 is 17.3 Å². The molecule has 4 aromatic carbocycles. The van der Waals surface area contributed by atoms with Gasteiger partial charge in [0.25, 0.3) is 5.91 Å². The summed E-state index contributed by atoms with van der Waals surface area (Å²) in [7, 11) is 0. The van der Waals surface area contributed by atoms with Crippen molar-refractivity contribution in [2.75, 3.05) is 4.90 Å². The van der Waals surface area contributed by atoms with Gasteiger partial charge in [-0.3, -0.25) is 14.4 Å². The van der Waals surface area contributed by atoms with Crippen molar-refractivity contribution in [1.82, 2.24) is 5.43 Å². The van der Waals surface area contributed by atoms with E-state index in [9.17, 15) is 14.4 Å². The zero-order valence-electron chi connectivity index (χ0n) is 21.2. The van der Waals surface area contributed by atoms with Gasteiger partial charge in [0.1, 0.15) is 0 Å². The van der Waals surface area contributed by atoms with Gasteiger partial charge in [-0.2, -0.15) is 5.10 Å². The zero-order valence-corrected chi connectivity index (χ0v) is 21.2. The predicted octanol–water partition coefficient (Wildman–Crippen LogP) is 4.96. The lowest BCUT2D eigenvalue weighted by molar-refractivity contribution is -0.122. The topological polar surface area (TPSA) is 78.8 Å². The Morgan fingerprint density at radius 2 is 1.46 bits per heavy atom. The lowest BCUT2D eigenvalue weighted by Gasteiger charge is -2.52. The van der Waals surface area contributed by atoms with Crippen molar-refractivity contribution in [3.8, 4) is 0 Å². The second-order valence-electron chi connectivity index (χ2n) is 10.4. The molecule has 1 saturated heterocycles. The van der Waals surface area contributed by atoms with Crippen LogP contribution < -0.4 is 10.3 Å². The summed E-state index contributed by atoms with van der Waals surface area (Å²) >= 11 is 0. The molecule has 4 aliphatic rings. The van der Waals surface area contributed by atoms with Crippen LogP contribution in [-0.4, -0.2) is 23.9 Å². The molecule has 1 heterocycles. The molecule has 0 unspecified atom stereocenters. The quantitative estimate of drug-likeness (QED) is 0.239. The van der Waals surface area contributed by atoms with E-state index in [1.165, 1.54) is 4.90 Å². The minimum Gasteiger partial charge on any atom is -0.274 e. The Bertz CT molecular complexity index is 1650. The summed E-state index contributed by atoms with van der Waals surface area (Å²) in [5.74, 6) is -2.31. The van der Waals surface area contributed by atoms with Crippen LogP contribution in [0.4, 0.5) is 5.69 Å². The molecule has 8 rings (SSSR count). The number of amides is 3. The van der Waals surface area contributed by atoms with Crippen molar-refractivity contribution in [3.63, 3.8) is 0 Å². The lowest BCUT2D eigenvalue weighted by Crippen LogP contribution is -2.54. The summed E-state index contributed by atoms with van der Waals surface area (Å²) < 4.78 is 0. The molecule has 6 heteroatoms. The third-order valence-electron chi connectivity index (χ3n) is 8.41. The van der Waals surface area contributed by atoms with E-state index >= 15 is 0 Å². The molecular formula is C33H25N3O3. The molecule has 2 bridgehead atoms. The zero-order chi connectivity index (χ0) is 26.7. The maximum atomic E-state index is 14.3. The maximum Gasteiger partial charge on any atom is 0.271 e. The minimum atomic E-state index is -1.03. The predicted molar refractivity (Wildman–Crippen MR) is 149 cm³/mol. The highest BCUT2D eigenvalue weighted by Crippen LogP contribution is 2.63. The molecule has 39 heavy (non-hydrogen) atoms. The number of hydrazone groups is 1. The SMILES string of the molecule is Cc1cccc(C(=O)N/N=C\C23c4ccccc4C(c4ccccc42)[C@H]2C(=O)N(c4ccccc4)C(=O)[C@@H]23)c1. The molecule has 0 saturated carbocycles. The molecule has 0 spiro atoms. The number of anilines is 1. The van der Waals surface area contributed by atoms with E-state index in [2.05, 4.69) is 10.5 Å². The molecule has 0 radical (unpaired) electrons. The largest absolute Gasteiger partial charge is 0.274 e. The van der Waals surface area contributed by atoms with E-state index in [0.29, 0.717) is 11.3 Å².